The zero-order chi connectivity index (χ0) is 24.4. The Kier molecular flexibility index (Phi) is 6.44. The van der Waals surface area contributed by atoms with Crippen LogP contribution in [0.1, 0.15) is 58.1 Å². The molecule has 0 aliphatic heterocycles. The fraction of sp³-hybridized carbons (Fsp3) is 0.222. The van der Waals surface area contributed by atoms with E-state index in [-0.39, 0.29) is 17.2 Å². The van der Waals surface area contributed by atoms with Gasteiger partial charge in [-0.2, -0.15) is 10.2 Å². The Bertz CT molecular complexity index is 1430. The maximum atomic E-state index is 14.0. The minimum atomic E-state index is -1.27. The highest BCUT2D eigenvalue weighted by Gasteiger charge is 2.24. The zero-order valence-corrected chi connectivity index (χ0v) is 19.5. The predicted molar refractivity (Wildman–Crippen MR) is 127 cm³/mol. The van der Waals surface area contributed by atoms with Crippen molar-refractivity contribution in [2.24, 2.45) is 0 Å². The minimum absolute atomic E-state index is 0.0612. The number of aromatic nitrogens is 3. The number of hydrogen-bond donors (Lipinski definition) is 0. The Morgan fingerprint density at radius 1 is 1.03 bits per heavy atom. The van der Waals surface area contributed by atoms with Crippen molar-refractivity contribution in [3.63, 3.8) is 0 Å². The van der Waals surface area contributed by atoms with E-state index in [9.17, 15) is 14.6 Å². The average Bonchev–Trinajstić information content (AvgIpc) is 3.26. The molecule has 4 aromatic rings. The van der Waals surface area contributed by atoms with Crippen molar-refractivity contribution in [1.82, 2.24) is 14.1 Å². The maximum absolute atomic E-state index is 14.0. The summed E-state index contributed by atoms with van der Waals surface area (Å²) in [6.45, 7) is 7.65. The fourth-order valence-corrected chi connectivity index (χ4v) is 4.13. The molecule has 0 bridgehead atoms. The van der Waals surface area contributed by atoms with Crippen LogP contribution < -0.4 is 5.56 Å². The van der Waals surface area contributed by atoms with E-state index in [1.54, 1.807) is 18.5 Å². The van der Waals surface area contributed by atoms with Crippen molar-refractivity contribution in [3.05, 3.63) is 117 Å². The summed E-state index contributed by atoms with van der Waals surface area (Å²) in [5, 5.41) is 9.59. The Hall–Kier alpha value is -4.02. The van der Waals surface area contributed by atoms with Gasteiger partial charge >= 0.3 is 0 Å². The number of nitrogens with zero attached hydrogens (tertiary/aromatic N) is 4. The molecular weight excluding hydrogens is 431 g/mol. The molecule has 6 nitrogen and oxygen atoms in total. The number of aryl methyl sites for hydroxylation is 3. The second-order valence-corrected chi connectivity index (χ2v) is 8.53. The number of hydrogen-bond acceptors (Lipinski definition) is 4. The molecule has 0 amide bonds. The van der Waals surface area contributed by atoms with E-state index < -0.39 is 11.7 Å². The van der Waals surface area contributed by atoms with Crippen LogP contribution in [0.4, 0.5) is 4.53 Å². The van der Waals surface area contributed by atoms with E-state index >= 15 is 0 Å². The van der Waals surface area contributed by atoms with Crippen molar-refractivity contribution in [2.45, 2.75) is 39.8 Å². The molecule has 2 heterocycles. The van der Waals surface area contributed by atoms with Crippen molar-refractivity contribution in [1.29, 1.82) is 5.26 Å². The first kappa shape index (κ1) is 23.1. The van der Waals surface area contributed by atoms with Crippen LogP contribution in [0.2, 0.25) is 0 Å². The Morgan fingerprint density at radius 2 is 1.74 bits per heavy atom. The van der Waals surface area contributed by atoms with Crippen molar-refractivity contribution in [2.75, 3.05) is 0 Å². The molecule has 1 unspecified atom stereocenters. The van der Waals surface area contributed by atoms with Crippen LogP contribution in [0.15, 0.2) is 72.0 Å². The molecule has 2 aromatic heterocycles. The van der Waals surface area contributed by atoms with E-state index in [1.165, 1.54) is 16.8 Å². The predicted octanol–water partition coefficient (Wildman–Crippen LogP) is 5.43. The molecule has 4 rings (SSSR count). The first-order chi connectivity index (χ1) is 16.3. The molecule has 7 heteroatoms. The van der Waals surface area contributed by atoms with Crippen molar-refractivity contribution < 1.29 is 9.47 Å². The summed E-state index contributed by atoms with van der Waals surface area (Å²) in [5.74, 6) is 0. The lowest BCUT2D eigenvalue weighted by atomic mass is 9.98. The minimum Gasteiger partial charge on any atom is -0.307 e. The van der Waals surface area contributed by atoms with Gasteiger partial charge in [-0.05, 0) is 61.0 Å². The van der Waals surface area contributed by atoms with Crippen LogP contribution in [0.5, 0.6) is 0 Å². The van der Waals surface area contributed by atoms with Gasteiger partial charge in [-0.15, -0.1) is 0 Å². The first-order valence-corrected chi connectivity index (χ1v) is 10.9. The zero-order valence-electron chi connectivity index (χ0n) is 19.5. The molecule has 0 aliphatic carbocycles. The number of rotatable bonds is 6. The SMILES string of the molecule is Cc1ccc([C@H](C)n2cc(C#N)cc(C(OF)c3ccc(-n4cnc(C)c4)c(C)c3)c2=O)cc1. The fourth-order valence-electron chi connectivity index (χ4n) is 4.13. The van der Waals surface area contributed by atoms with E-state index in [0.717, 1.165) is 28.1 Å². The second kappa shape index (κ2) is 9.46. The lowest BCUT2D eigenvalue weighted by molar-refractivity contribution is -0.167. The smallest absolute Gasteiger partial charge is 0.257 e. The lowest BCUT2D eigenvalue weighted by Crippen LogP contribution is -2.29. The third kappa shape index (κ3) is 4.41. The molecule has 172 valence electrons. The molecule has 0 spiro atoms. The van der Waals surface area contributed by atoms with Crippen molar-refractivity contribution >= 4 is 0 Å². The van der Waals surface area contributed by atoms with E-state index in [4.69, 9.17) is 0 Å². The summed E-state index contributed by atoms with van der Waals surface area (Å²) >= 11 is 0. The Labute approximate surface area is 197 Å². The number of nitriles is 1. The highest BCUT2D eigenvalue weighted by Crippen LogP contribution is 2.29. The number of benzene rings is 2. The third-order valence-corrected chi connectivity index (χ3v) is 6.06. The number of imidazole rings is 1. The van der Waals surface area contributed by atoms with Gasteiger partial charge in [0.2, 0.25) is 0 Å². The van der Waals surface area contributed by atoms with Gasteiger partial charge in [0.15, 0.2) is 6.10 Å². The second-order valence-electron chi connectivity index (χ2n) is 8.53. The largest absolute Gasteiger partial charge is 0.307 e. The van der Waals surface area contributed by atoms with Crippen LogP contribution in [-0.2, 0) is 4.94 Å². The van der Waals surface area contributed by atoms with Gasteiger partial charge in [-0.3, -0.25) is 4.79 Å². The molecule has 0 N–H and O–H groups in total. The molecule has 2 atom stereocenters. The van der Waals surface area contributed by atoms with Crippen LogP contribution in [0.25, 0.3) is 5.69 Å². The molecular formula is C27H25FN4O2. The topological polar surface area (TPSA) is 72.8 Å². The standard InChI is InChI=1S/C27H25FN4O2/c1-17-5-7-22(8-6-17)20(4)32-15-21(13-29)12-24(27(32)33)26(34-28)23-9-10-25(18(2)11-23)31-14-19(3)30-16-31/h5-12,14-16,20,26H,1-4H3/t20-,26?/m0/s1. The molecule has 2 aromatic carbocycles. The van der Waals surface area contributed by atoms with Gasteiger partial charge in [0.1, 0.15) is 6.07 Å². The number of halogens is 1. The molecule has 0 fully saturated rings. The molecule has 34 heavy (non-hydrogen) atoms. The Balaban J connectivity index is 1.78. The van der Waals surface area contributed by atoms with Crippen LogP contribution in [0.3, 0.4) is 0 Å². The summed E-state index contributed by atoms with van der Waals surface area (Å²) in [7, 11) is 0. The van der Waals surface area contributed by atoms with Gasteiger partial charge in [0.05, 0.1) is 29.2 Å². The van der Waals surface area contributed by atoms with Crippen LogP contribution in [-0.4, -0.2) is 14.1 Å². The molecule has 0 aliphatic rings. The summed E-state index contributed by atoms with van der Waals surface area (Å²) in [5.41, 5.74) is 5.01. The first-order valence-electron chi connectivity index (χ1n) is 10.9. The normalized spacial score (nSPS) is 12.8. The van der Waals surface area contributed by atoms with E-state index in [0.29, 0.717) is 5.56 Å². The molecule has 0 saturated carbocycles. The maximum Gasteiger partial charge on any atom is 0.257 e. The molecule has 0 radical (unpaired) electrons. The van der Waals surface area contributed by atoms with E-state index in [1.807, 2.05) is 68.8 Å². The van der Waals surface area contributed by atoms with Gasteiger partial charge in [-0.1, -0.05) is 42.0 Å². The van der Waals surface area contributed by atoms with Crippen LogP contribution >= 0.6 is 0 Å². The summed E-state index contributed by atoms with van der Waals surface area (Å²) in [6.07, 6.45) is 3.84. The third-order valence-electron chi connectivity index (χ3n) is 6.06. The van der Waals surface area contributed by atoms with E-state index in [2.05, 4.69) is 16.0 Å². The van der Waals surface area contributed by atoms with Gasteiger partial charge < -0.3 is 9.13 Å². The van der Waals surface area contributed by atoms with Gasteiger partial charge in [0.25, 0.3) is 5.56 Å². The average molecular weight is 457 g/mol. The monoisotopic (exact) mass is 456 g/mol. The summed E-state index contributed by atoms with van der Waals surface area (Å²) in [6, 6.07) is 16.3. The Morgan fingerprint density at radius 3 is 2.32 bits per heavy atom. The number of pyridine rings is 1. The quantitative estimate of drug-likeness (QED) is 0.388. The van der Waals surface area contributed by atoms with Gasteiger partial charge in [-0.25, -0.2) is 4.98 Å². The van der Waals surface area contributed by atoms with Gasteiger partial charge in [0, 0.05) is 18.1 Å². The summed E-state index contributed by atoms with van der Waals surface area (Å²) < 4.78 is 17.3. The lowest BCUT2D eigenvalue weighted by Gasteiger charge is -2.20. The highest BCUT2D eigenvalue weighted by molar-refractivity contribution is 5.46. The molecule has 0 saturated heterocycles. The van der Waals surface area contributed by atoms with Crippen molar-refractivity contribution in [3.8, 4) is 11.8 Å². The summed E-state index contributed by atoms with van der Waals surface area (Å²) in [4.78, 5) is 22.0. The van der Waals surface area contributed by atoms with Crippen LogP contribution in [0, 0.1) is 32.1 Å². The highest BCUT2D eigenvalue weighted by atomic mass is 19.3.